The zero-order chi connectivity index (χ0) is 20.2. The second-order valence-electron chi connectivity index (χ2n) is 6.69. The molecule has 0 amide bonds. The molecule has 0 bridgehead atoms. The highest BCUT2D eigenvalue weighted by atomic mass is 15.3. The first-order chi connectivity index (χ1) is 13.7. The molecule has 7 nitrogen and oxygen atoms in total. The van der Waals surface area contributed by atoms with Crippen molar-refractivity contribution in [2.75, 3.05) is 26.2 Å². The summed E-state index contributed by atoms with van der Waals surface area (Å²) in [5, 5.41) is 14.8. The molecule has 0 saturated carbocycles. The molecule has 154 valence electrons. The lowest BCUT2D eigenvalue weighted by Crippen LogP contribution is -2.38. The summed E-state index contributed by atoms with van der Waals surface area (Å²) in [6.45, 7) is 14.8. The summed E-state index contributed by atoms with van der Waals surface area (Å²) in [7, 11) is 0. The first-order valence-corrected chi connectivity index (χ1v) is 10.4. The average Bonchev–Trinajstić information content (AvgIpc) is 3.18. The van der Waals surface area contributed by atoms with E-state index in [2.05, 4.69) is 82.3 Å². The lowest BCUT2D eigenvalue weighted by molar-refractivity contribution is 0.296. The van der Waals surface area contributed by atoms with Gasteiger partial charge >= 0.3 is 0 Å². The van der Waals surface area contributed by atoms with Crippen LogP contribution >= 0.6 is 0 Å². The molecule has 2 N–H and O–H groups in total. The maximum Gasteiger partial charge on any atom is 0.191 e. The van der Waals surface area contributed by atoms with Crippen LogP contribution in [-0.4, -0.2) is 51.8 Å². The Morgan fingerprint density at radius 2 is 1.75 bits per heavy atom. The summed E-state index contributed by atoms with van der Waals surface area (Å²) in [5.74, 6) is 1.84. The Morgan fingerprint density at radius 3 is 2.39 bits per heavy atom. The Labute approximate surface area is 169 Å². The van der Waals surface area contributed by atoms with Crippen molar-refractivity contribution in [3.8, 4) is 0 Å². The third-order valence-corrected chi connectivity index (χ3v) is 4.74. The Kier molecular flexibility index (Phi) is 9.48. The molecule has 2 rings (SSSR count). The second kappa shape index (κ2) is 12.1. The number of aryl methyl sites for hydroxylation is 1. The molecule has 0 radical (unpaired) electrons. The fourth-order valence-electron chi connectivity index (χ4n) is 3.00. The number of hydrogen-bond donors (Lipinski definition) is 2. The molecule has 7 heteroatoms. The number of hydrogen-bond acceptors (Lipinski definition) is 4. The van der Waals surface area contributed by atoms with E-state index in [4.69, 9.17) is 4.99 Å². The van der Waals surface area contributed by atoms with Crippen LogP contribution in [0, 0.1) is 0 Å². The predicted molar refractivity (Wildman–Crippen MR) is 115 cm³/mol. The van der Waals surface area contributed by atoms with E-state index >= 15 is 0 Å². The lowest BCUT2D eigenvalue weighted by Gasteiger charge is -2.18. The summed E-state index contributed by atoms with van der Waals surface area (Å²) in [6, 6.07) is 8.77. The first kappa shape index (κ1) is 21.9. The summed E-state index contributed by atoms with van der Waals surface area (Å²) < 4.78 is 2.07. The van der Waals surface area contributed by atoms with Crippen molar-refractivity contribution in [2.24, 2.45) is 4.99 Å². The topological polar surface area (TPSA) is 70.4 Å². The van der Waals surface area contributed by atoms with Crippen LogP contribution in [0.2, 0.25) is 0 Å². The van der Waals surface area contributed by atoms with Crippen molar-refractivity contribution in [3.63, 3.8) is 0 Å². The lowest BCUT2D eigenvalue weighted by atomic mass is 10.1. The molecular formula is C21H35N7. The second-order valence-corrected chi connectivity index (χ2v) is 6.69. The van der Waals surface area contributed by atoms with Crippen LogP contribution in [0.3, 0.4) is 0 Å². The van der Waals surface area contributed by atoms with Gasteiger partial charge in [-0.3, -0.25) is 4.90 Å². The molecule has 28 heavy (non-hydrogen) atoms. The Hall–Kier alpha value is -2.41. The summed E-state index contributed by atoms with van der Waals surface area (Å²) in [4.78, 5) is 7.13. The molecule has 1 aromatic heterocycles. The Morgan fingerprint density at radius 1 is 1.04 bits per heavy atom. The smallest absolute Gasteiger partial charge is 0.191 e. The van der Waals surface area contributed by atoms with E-state index in [0.29, 0.717) is 6.54 Å². The molecule has 1 aromatic carbocycles. The van der Waals surface area contributed by atoms with Crippen molar-refractivity contribution in [2.45, 2.75) is 53.8 Å². The Balaban J connectivity index is 1.87. The monoisotopic (exact) mass is 385 g/mol. The number of aliphatic imine (C=N–C) groups is 1. The minimum absolute atomic E-state index is 0.660. The molecule has 0 unspecified atom stereocenters. The van der Waals surface area contributed by atoms with Gasteiger partial charge in [0.1, 0.15) is 12.2 Å². The molecule has 1 heterocycles. The number of rotatable bonds is 11. The van der Waals surface area contributed by atoms with Crippen LogP contribution in [-0.2, 0) is 26.1 Å². The third-order valence-electron chi connectivity index (χ3n) is 4.74. The molecule has 0 fully saturated rings. The molecule has 0 atom stereocenters. The third kappa shape index (κ3) is 6.96. The van der Waals surface area contributed by atoms with Crippen LogP contribution < -0.4 is 10.6 Å². The van der Waals surface area contributed by atoms with Crippen LogP contribution in [0.1, 0.15) is 44.6 Å². The van der Waals surface area contributed by atoms with Gasteiger partial charge in [0.25, 0.3) is 0 Å². The largest absolute Gasteiger partial charge is 0.357 e. The van der Waals surface area contributed by atoms with Gasteiger partial charge in [0.15, 0.2) is 5.96 Å². The zero-order valence-electron chi connectivity index (χ0n) is 17.8. The highest BCUT2D eigenvalue weighted by Crippen LogP contribution is 2.08. The maximum atomic E-state index is 4.71. The summed E-state index contributed by atoms with van der Waals surface area (Å²) >= 11 is 0. The highest BCUT2D eigenvalue weighted by Gasteiger charge is 2.03. The van der Waals surface area contributed by atoms with Crippen molar-refractivity contribution in [1.82, 2.24) is 30.3 Å². The number of benzene rings is 1. The van der Waals surface area contributed by atoms with Gasteiger partial charge in [-0.2, -0.15) is 0 Å². The molecule has 0 spiro atoms. The first-order valence-electron chi connectivity index (χ1n) is 10.4. The number of aromatic nitrogens is 3. The fraction of sp³-hybridized carbons (Fsp3) is 0.571. The number of nitrogens with one attached hydrogen (secondary N) is 2. The highest BCUT2D eigenvalue weighted by molar-refractivity contribution is 5.79. The molecule has 0 aliphatic carbocycles. The van der Waals surface area contributed by atoms with E-state index in [-0.39, 0.29) is 0 Å². The van der Waals surface area contributed by atoms with E-state index < -0.39 is 0 Å². The molecule has 0 aliphatic heterocycles. The van der Waals surface area contributed by atoms with Gasteiger partial charge in [-0.25, -0.2) is 4.99 Å². The quantitative estimate of drug-likeness (QED) is 0.459. The zero-order valence-corrected chi connectivity index (χ0v) is 17.8. The minimum atomic E-state index is 0.660. The summed E-state index contributed by atoms with van der Waals surface area (Å²) in [5.41, 5.74) is 2.56. The van der Waals surface area contributed by atoms with E-state index in [1.807, 2.05) is 0 Å². The maximum absolute atomic E-state index is 4.71. The van der Waals surface area contributed by atoms with Crippen LogP contribution in [0.4, 0.5) is 0 Å². The van der Waals surface area contributed by atoms with E-state index in [1.165, 1.54) is 11.1 Å². The van der Waals surface area contributed by atoms with Crippen molar-refractivity contribution in [1.29, 1.82) is 0 Å². The van der Waals surface area contributed by atoms with Crippen molar-refractivity contribution < 1.29 is 0 Å². The molecule has 0 saturated heterocycles. The van der Waals surface area contributed by atoms with Crippen molar-refractivity contribution in [3.05, 3.63) is 47.5 Å². The average molecular weight is 386 g/mol. The number of guanidine groups is 1. The van der Waals surface area contributed by atoms with Crippen molar-refractivity contribution >= 4 is 5.96 Å². The van der Waals surface area contributed by atoms with Crippen LogP contribution in [0.5, 0.6) is 0 Å². The van der Waals surface area contributed by atoms with Gasteiger partial charge in [0.05, 0.1) is 6.54 Å². The van der Waals surface area contributed by atoms with Crippen LogP contribution in [0.25, 0.3) is 0 Å². The van der Waals surface area contributed by atoms with Gasteiger partial charge in [-0.15, -0.1) is 10.2 Å². The number of nitrogens with zero attached hydrogens (tertiary/aromatic N) is 5. The van der Waals surface area contributed by atoms with Gasteiger partial charge in [-0.05, 0) is 31.1 Å². The normalized spacial score (nSPS) is 11.8. The predicted octanol–water partition coefficient (Wildman–Crippen LogP) is 2.44. The summed E-state index contributed by atoms with van der Waals surface area (Å²) in [6.07, 6.45) is 2.67. The standard InChI is InChI=1S/C21H35N7/c1-5-20-26-25-17-28(20)14-13-23-21(22-6-2)24-15-18-9-11-19(12-10-18)16-27(7-3)8-4/h9-12,17H,5-8,13-16H2,1-4H3,(H2,22,23,24). The van der Waals surface area contributed by atoms with E-state index in [0.717, 1.165) is 57.5 Å². The van der Waals surface area contributed by atoms with Gasteiger partial charge in [-0.1, -0.05) is 45.0 Å². The van der Waals surface area contributed by atoms with Gasteiger partial charge in [0, 0.05) is 32.6 Å². The van der Waals surface area contributed by atoms with Gasteiger partial charge < -0.3 is 15.2 Å². The van der Waals surface area contributed by atoms with Crippen LogP contribution in [0.15, 0.2) is 35.6 Å². The minimum Gasteiger partial charge on any atom is -0.357 e. The van der Waals surface area contributed by atoms with Gasteiger partial charge in [0.2, 0.25) is 0 Å². The molecule has 2 aromatic rings. The molecular weight excluding hydrogens is 350 g/mol. The fourth-order valence-corrected chi connectivity index (χ4v) is 3.00. The molecule has 0 aliphatic rings. The van der Waals surface area contributed by atoms with E-state index in [9.17, 15) is 0 Å². The Bertz CT molecular complexity index is 702. The SMILES string of the molecule is CCNC(=NCc1ccc(CN(CC)CC)cc1)NCCn1cnnc1CC. The van der Waals surface area contributed by atoms with E-state index in [1.54, 1.807) is 6.33 Å².